The van der Waals surface area contributed by atoms with Crippen molar-refractivity contribution in [1.82, 2.24) is 10.6 Å². The standard InChI is InChI=1S/C21H23N3O/c1-15(16-7-3-2-4-8-16)23-21(24-18-11-12-18)22-14-19-13-17-9-5-6-10-20(17)25-19/h2-10,13,15,18H,11-12,14H2,1H3,(H2,22,23,24)/t15-/m0/s1. The Morgan fingerprint density at radius 2 is 1.88 bits per heavy atom. The highest BCUT2D eigenvalue weighted by atomic mass is 16.3. The maximum Gasteiger partial charge on any atom is 0.192 e. The van der Waals surface area contributed by atoms with Crippen LogP contribution in [0.15, 0.2) is 70.1 Å². The van der Waals surface area contributed by atoms with Crippen molar-refractivity contribution >= 4 is 16.9 Å². The molecule has 3 aromatic rings. The van der Waals surface area contributed by atoms with Gasteiger partial charge < -0.3 is 15.1 Å². The molecule has 1 aromatic heterocycles. The first-order chi connectivity index (χ1) is 12.3. The summed E-state index contributed by atoms with van der Waals surface area (Å²) in [7, 11) is 0. The smallest absolute Gasteiger partial charge is 0.192 e. The minimum Gasteiger partial charge on any atom is -0.459 e. The SMILES string of the molecule is C[C@H](NC(=NCc1cc2ccccc2o1)NC1CC1)c1ccccc1. The lowest BCUT2D eigenvalue weighted by molar-refractivity contribution is 0.550. The van der Waals surface area contributed by atoms with Gasteiger partial charge in [-0.15, -0.1) is 0 Å². The largest absolute Gasteiger partial charge is 0.459 e. The second-order valence-electron chi connectivity index (χ2n) is 6.61. The van der Waals surface area contributed by atoms with Crippen LogP contribution in [-0.4, -0.2) is 12.0 Å². The summed E-state index contributed by atoms with van der Waals surface area (Å²) in [6, 6.07) is 21.3. The van der Waals surface area contributed by atoms with E-state index in [9.17, 15) is 0 Å². The van der Waals surface area contributed by atoms with Crippen molar-refractivity contribution in [1.29, 1.82) is 0 Å². The number of nitrogens with zero attached hydrogens (tertiary/aromatic N) is 1. The van der Waals surface area contributed by atoms with Crippen LogP contribution in [0.1, 0.15) is 37.1 Å². The minimum atomic E-state index is 0.196. The van der Waals surface area contributed by atoms with E-state index in [4.69, 9.17) is 9.41 Å². The highest BCUT2D eigenvalue weighted by Gasteiger charge is 2.23. The van der Waals surface area contributed by atoms with Gasteiger partial charge in [0.25, 0.3) is 0 Å². The van der Waals surface area contributed by atoms with Gasteiger partial charge in [0.05, 0.1) is 6.04 Å². The van der Waals surface area contributed by atoms with Crippen molar-refractivity contribution in [2.75, 3.05) is 0 Å². The zero-order chi connectivity index (χ0) is 17.1. The Kier molecular flexibility index (Phi) is 4.42. The highest BCUT2D eigenvalue weighted by Crippen LogP contribution is 2.21. The molecule has 1 saturated carbocycles. The van der Waals surface area contributed by atoms with Crippen LogP contribution < -0.4 is 10.6 Å². The summed E-state index contributed by atoms with van der Waals surface area (Å²) >= 11 is 0. The summed E-state index contributed by atoms with van der Waals surface area (Å²) in [5, 5.41) is 8.12. The fraction of sp³-hybridized carbons (Fsp3) is 0.286. The summed E-state index contributed by atoms with van der Waals surface area (Å²) in [5.74, 6) is 1.73. The zero-order valence-electron chi connectivity index (χ0n) is 14.4. The van der Waals surface area contributed by atoms with Crippen LogP contribution >= 0.6 is 0 Å². The number of guanidine groups is 1. The van der Waals surface area contributed by atoms with E-state index in [1.807, 2.05) is 24.3 Å². The van der Waals surface area contributed by atoms with E-state index in [2.05, 4.69) is 54.0 Å². The van der Waals surface area contributed by atoms with Crippen molar-refractivity contribution < 1.29 is 4.42 Å². The Labute approximate surface area is 148 Å². The highest BCUT2D eigenvalue weighted by molar-refractivity contribution is 5.81. The predicted octanol–water partition coefficient (Wildman–Crippen LogP) is 4.39. The van der Waals surface area contributed by atoms with Crippen molar-refractivity contribution in [3.8, 4) is 0 Å². The normalized spacial score (nSPS) is 16.0. The molecule has 0 aliphatic heterocycles. The van der Waals surface area contributed by atoms with Gasteiger partial charge in [-0.1, -0.05) is 48.5 Å². The van der Waals surface area contributed by atoms with E-state index in [1.54, 1.807) is 0 Å². The van der Waals surface area contributed by atoms with E-state index in [0.29, 0.717) is 12.6 Å². The van der Waals surface area contributed by atoms with E-state index in [0.717, 1.165) is 22.7 Å². The first-order valence-corrected chi connectivity index (χ1v) is 8.88. The monoisotopic (exact) mass is 333 g/mol. The Hall–Kier alpha value is -2.75. The molecule has 2 N–H and O–H groups in total. The first kappa shape index (κ1) is 15.8. The third-order valence-corrected chi connectivity index (χ3v) is 4.44. The lowest BCUT2D eigenvalue weighted by Gasteiger charge is -2.18. The summed E-state index contributed by atoms with van der Waals surface area (Å²) in [6.07, 6.45) is 2.43. The molecule has 4 nitrogen and oxygen atoms in total. The third-order valence-electron chi connectivity index (χ3n) is 4.44. The second kappa shape index (κ2) is 7.01. The third kappa shape index (κ3) is 4.02. The molecule has 1 heterocycles. The number of nitrogens with one attached hydrogen (secondary N) is 2. The predicted molar refractivity (Wildman–Crippen MR) is 102 cm³/mol. The number of para-hydroxylation sites is 1. The van der Waals surface area contributed by atoms with Crippen LogP contribution in [0.4, 0.5) is 0 Å². The van der Waals surface area contributed by atoms with Gasteiger partial charge in [-0.3, -0.25) is 0 Å². The van der Waals surface area contributed by atoms with E-state index in [-0.39, 0.29) is 6.04 Å². The Balaban J connectivity index is 1.48. The molecule has 128 valence electrons. The molecule has 1 fully saturated rings. The molecule has 0 bridgehead atoms. The fourth-order valence-electron chi connectivity index (χ4n) is 2.86. The van der Waals surface area contributed by atoms with Crippen molar-refractivity contribution in [3.05, 3.63) is 72.0 Å². The lowest BCUT2D eigenvalue weighted by atomic mass is 10.1. The summed E-state index contributed by atoms with van der Waals surface area (Å²) < 4.78 is 5.87. The second-order valence-corrected chi connectivity index (χ2v) is 6.61. The Bertz CT molecular complexity index is 832. The number of rotatable bonds is 5. The van der Waals surface area contributed by atoms with Crippen LogP contribution in [0.3, 0.4) is 0 Å². The molecular weight excluding hydrogens is 310 g/mol. The molecule has 0 radical (unpaired) electrons. The van der Waals surface area contributed by atoms with Crippen molar-refractivity contribution in [2.45, 2.75) is 38.4 Å². The van der Waals surface area contributed by atoms with E-state index >= 15 is 0 Å². The maximum atomic E-state index is 5.87. The first-order valence-electron chi connectivity index (χ1n) is 8.88. The maximum absolute atomic E-state index is 5.87. The van der Waals surface area contributed by atoms with Crippen LogP contribution in [0.25, 0.3) is 11.0 Å². The van der Waals surface area contributed by atoms with Gasteiger partial charge in [0.15, 0.2) is 5.96 Å². The van der Waals surface area contributed by atoms with Gasteiger partial charge in [-0.25, -0.2) is 4.99 Å². The molecule has 0 amide bonds. The number of furan rings is 1. The molecule has 2 aromatic carbocycles. The van der Waals surface area contributed by atoms with Crippen LogP contribution in [0, 0.1) is 0 Å². The molecule has 1 atom stereocenters. The average molecular weight is 333 g/mol. The number of fused-ring (bicyclic) bond motifs is 1. The van der Waals surface area contributed by atoms with Crippen LogP contribution in [-0.2, 0) is 6.54 Å². The van der Waals surface area contributed by atoms with Gasteiger partial charge in [-0.05, 0) is 37.5 Å². The number of benzene rings is 2. The molecule has 1 aliphatic rings. The molecule has 1 aliphatic carbocycles. The summed E-state index contributed by atoms with van der Waals surface area (Å²) in [6.45, 7) is 2.68. The van der Waals surface area contributed by atoms with E-state index in [1.165, 1.54) is 18.4 Å². The van der Waals surface area contributed by atoms with Gasteiger partial charge in [0.2, 0.25) is 0 Å². The van der Waals surface area contributed by atoms with E-state index < -0.39 is 0 Å². The van der Waals surface area contributed by atoms with Crippen LogP contribution in [0.2, 0.25) is 0 Å². The van der Waals surface area contributed by atoms with Gasteiger partial charge in [0.1, 0.15) is 17.9 Å². The molecule has 0 unspecified atom stereocenters. The number of hydrogen-bond acceptors (Lipinski definition) is 2. The summed E-state index contributed by atoms with van der Waals surface area (Å²) in [5.41, 5.74) is 2.16. The minimum absolute atomic E-state index is 0.196. The van der Waals surface area contributed by atoms with Crippen molar-refractivity contribution in [3.63, 3.8) is 0 Å². The van der Waals surface area contributed by atoms with Gasteiger partial charge in [-0.2, -0.15) is 0 Å². The Morgan fingerprint density at radius 1 is 1.12 bits per heavy atom. The van der Waals surface area contributed by atoms with Gasteiger partial charge >= 0.3 is 0 Å². The van der Waals surface area contributed by atoms with Crippen LogP contribution in [0.5, 0.6) is 0 Å². The fourth-order valence-corrected chi connectivity index (χ4v) is 2.86. The molecule has 4 rings (SSSR count). The quantitative estimate of drug-likeness (QED) is 0.538. The lowest BCUT2D eigenvalue weighted by Crippen LogP contribution is -2.40. The molecule has 0 spiro atoms. The molecule has 25 heavy (non-hydrogen) atoms. The number of aliphatic imine (C=N–C) groups is 1. The molecule has 4 heteroatoms. The van der Waals surface area contributed by atoms with Gasteiger partial charge in [0, 0.05) is 11.4 Å². The molecular formula is C21H23N3O. The number of hydrogen-bond donors (Lipinski definition) is 2. The zero-order valence-corrected chi connectivity index (χ0v) is 14.4. The summed E-state index contributed by atoms with van der Waals surface area (Å²) in [4.78, 5) is 4.74. The average Bonchev–Trinajstić information content (AvgIpc) is 3.36. The molecule has 0 saturated heterocycles. The topological polar surface area (TPSA) is 49.6 Å². The van der Waals surface area contributed by atoms with Crippen molar-refractivity contribution in [2.24, 2.45) is 4.99 Å². The Morgan fingerprint density at radius 3 is 2.64 bits per heavy atom.